The maximum atomic E-state index is 14.6. The normalized spacial score (nSPS) is 18.1. The minimum atomic E-state index is -4.77. The molecule has 4 aromatic rings. The van der Waals surface area contributed by atoms with Gasteiger partial charge < -0.3 is 0 Å². The van der Waals surface area contributed by atoms with Gasteiger partial charge in [0, 0.05) is 18.0 Å². The first-order valence-electron chi connectivity index (χ1n) is 13.0. The van der Waals surface area contributed by atoms with Crippen molar-refractivity contribution in [2.75, 3.05) is 0 Å². The van der Waals surface area contributed by atoms with E-state index in [-0.39, 0.29) is 34.4 Å². The quantitative estimate of drug-likeness (QED) is 0.234. The Morgan fingerprint density at radius 1 is 0.951 bits per heavy atom. The molecule has 0 aliphatic heterocycles. The molecular formula is C29H25F7N4O. The van der Waals surface area contributed by atoms with E-state index in [1.165, 1.54) is 12.1 Å². The van der Waals surface area contributed by atoms with Crippen LogP contribution >= 0.6 is 0 Å². The van der Waals surface area contributed by atoms with E-state index >= 15 is 0 Å². The smallest absolute Gasteiger partial charge is 0.285 e. The first-order chi connectivity index (χ1) is 19.3. The number of nitrogens with zero attached hydrogens (tertiary/aromatic N) is 4. The van der Waals surface area contributed by atoms with Crippen LogP contribution in [0.25, 0.3) is 11.2 Å². The van der Waals surface area contributed by atoms with Gasteiger partial charge in [0.1, 0.15) is 11.3 Å². The van der Waals surface area contributed by atoms with Gasteiger partial charge in [0.25, 0.3) is 5.56 Å². The second kappa shape index (κ2) is 10.9. The monoisotopic (exact) mass is 578 g/mol. The van der Waals surface area contributed by atoms with E-state index in [0.717, 1.165) is 34.7 Å². The van der Waals surface area contributed by atoms with E-state index in [1.54, 1.807) is 6.07 Å². The number of halogens is 7. The Morgan fingerprint density at radius 2 is 1.66 bits per heavy atom. The Morgan fingerprint density at radius 3 is 2.32 bits per heavy atom. The van der Waals surface area contributed by atoms with Gasteiger partial charge in [0.05, 0.1) is 29.9 Å². The number of alkyl halides is 6. The molecule has 1 fully saturated rings. The molecule has 1 saturated carbocycles. The van der Waals surface area contributed by atoms with Gasteiger partial charge in [-0.15, -0.1) is 0 Å². The summed E-state index contributed by atoms with van der Waals surface area (Å²) >= 11 is 0. The number of aromatic nitrogens is 4. The third-order valence-corrected chi connectivity index (χ3v) is 7.60. The van der Waals surface area contributed by atoms with E-state index in [1.807, 2.05) is 13.0 Å². The molecule has 0 atom stereocenters. The summed E-state index contributed by atoms with van der Waals surface area (Å²) in [6, 6.07) is 8.29. The number of rotatable bonds is 5. The molecule has 3 aromatic heterocycles. The predicted molar refractivity (Wildman–Crippen MR) is 137 cm³/mol. The van der Waals surface area contributed by atoms with Crippen molar-refractivity contribution in [3.05, 3.63) is 98.6 Å². The second-order valence-corrected chi connectivity index (χ2v) is 10.4. The van der Waals surface area contributed by atoms with E-state index in [9.17, 15) is 35.5 Å². The summed E-state index contributed by atoms with van der Waals surface area (Å²) in [6.07, 6.45) is -6.50. The highest BCUT2D eigenvalue weighted by atomic mass is 19.4. The molecule has 0 N–H and O–H groups in total. The van der Waals surface area contributed by atoms with Crippen LogP contribution in [0.4, 0.5) is 30.7 Å². The fourth-order valence-corrected chi connectivity index (χ4v) is 5.74. The first kappa shape index (κ1) is 28.7. The first-order valence-corrected chi connectivity index (χ1v) is 13.0. The molecule has 5 nitrogen and oxygen atoms in total. The summed E-state index contributed by atoms with van der Waals surface area (Å²) in [4.78, 5) is 25.7. The Hall–Kier alpha value is -3.83. The van der Waals surface area contributed by atoms with Crippen molar-refractivity contribution in [1.82, 2.24) is 19.5 Å². The molecule has 1 aromatic carbocycles. The molecule has 12 heteroatoms. The summed E-state index contributed by atoms with van der Waals surface area (Å²) in [5.41, 5.74) is -1.08. The third-order valence-electron chi connectivity index (χ3n) is 7.60. The lowest BCUT2D eigenvalue weighted by atomic mass is 9.75. The number of pyridine rings is 2. The van der Waals surface area contributed by atoms with Gasteiger partial charge in [-0.1, -0.05) is 12.1 Å². The lowest BCUT2D eigenvalue weighted by Crippen LogP contribution is -2.30. The van der Waals surface area contributed by atoms with E-state index in [0.29, 0.717) is 31.2 Å². The van der Waals surface area contributed by atoms with Crippen molar-refractivity contribution < 1.29 is 30.7 Å². The van der Waals surface area contributed by atoms with Crippen molar-refractivity contribution in [3.8, 4) is 0 Å². The van der Waals surface area contributed by atoms with Crippen LogP contribution < -0.4 is 5.56 Å². The number of hydrogen-bond donors (Lipinski definition) is 0. The zero-order valence-corrected chi connectivity index (χ0v) is 21.9. The van der Waals surface area contributed by atoms with Gasteiger partial charge in [0.2, 0.25) is 0 Å². The Balaban J connectivity index is 1.56. The summed E-state index contributed by atoms with van der Waals surface area (Å²) in [6.45, 7) is 1.18. The largest absolute Gasteiger partial charge is 0.418 e. The maximum absolute atomic E-state index is 14.6. The molecule has 0 saturated heterocycles. The molecule has 0 radical (unpaired) electrons. The molecule has 0 bridgehead atoms. The number of benzene rings is 1. The summed E-state index contributed by atoms with van der Waals surface area (Å²) in [5, 5.41) is 0. The topological polar surface area (TPSA) is 60.7 Å². The molecule has 1 aliphatic carbocycles. The van der Waals surface area contributed by atoms with Crippen LogP contribution in [0.2, 0.25) is 0 Å². The van der Waals surface area contributed by atoms with Gasteiger partial charge in [-0.3, -0.25) is 19.3 Å². The summed E-state index contributed by atoms with van der Waals surface area (Å²) in [5.74, 6) is -0.645. The van der Waals surface area contributed by atoms with Crippen LogP contribution in [0.3, 0.4) is 0 Å². The summed E-state index contributed by atoms with van der Waals surface area (Å²) in [7, 11) is 0. The van der Waals surface area contributed by atoms with Crippen molar-refractivity contribution in [2.24, 2.45) is 0 Å². The minimum absolute atomic E-state index is 0.0530. The lowest BCUT2D eigenvalue weighted by Gasteiger charge is -2.30. The van der Waals surface area contributed by atoms with Crippen LogP contribution in [0.15, 0.2) is 53.6 Å². The zero-order valence-electron chi connectivity index (χ0n) is 21.9. The molecule has 0 unspecified atom stereocenters. The highest BCUT2D eigenvalue weighted by Gasteiger charge is 2.35. The predicted octanol–water partition coefficient (Wildman–Crippen LogP) is 7.25. The molecule has 3 heterocycles. The van der Waals surface area contributed by atoms with Gasteiger partial charge in [-0.2, -0.15) is 26.3 Å². The molecule has 41 heavy (non-hydrogen) atoms. The molecule has 5 rings (SSSR count). The number of fused-ring (bicyclic) bond motifs is 1. The SMILES string of the molecule is Cc1cccc(F)c1[C@H]1CC[C@H](c2cc3ncc(CC(F)(F)F)nc3n(Cc3ncccc3C(F)(F)F)c2=O)CC1. The fourth-order valence-electron chi connectivity index (χ4n) is 5.74. The van der Waals surface area contributed by atoms with Crippen LogP contribution in [0, 0.1) is 12.7 Å². The highest BCUT2D eigenvalue weighted by Crippen LogP contribution is 2.42. The van der Waals surface area contributed by atoms with Crippen molar-refractivity contribution in [3.63, 3.8) is 0 Å². The standard InChI is InChI=1S/C29H25F7N4O/c1-16-4-2-6-22(30)25(16)18-9-7-17(8-10-18)20-12-23-26(39-19(14-38-23)13-28(31,32)33)40(27(20)41)15-24-21(29(34,35)36)5-3-11-37-24/h2-6,11-12,14,17-18H,7-10,13,15H2,1H3/t17-,18-. The van der Waals surface area contributed by atoms with E-state index in [2.05, 4.69) is 15.0 Å². The third kappa shape index (κ3) is 6.11. The molecule has 0 spiro atoms. The molecule has 0 amide bonds. The average Bonchev–Trinajstić information content (AvgIpc) is 2.89. The van der Waals surface area contributed by atoms with Gasteiger partial charge in [-0.05, 0) is 79.8 Å². The van der Waals surface area contributed by atoms with Crippen molar-refractivity contribution >= 4 is 11.2 Å². The van der Waals surface area contributed by atoms with Crippen LogP contribution in [0.1, 0.15) is 71.2 Å². The number of hydrogen-bond acceptors (Lipinski definition) is 4. The Kier molecular flexibility index (Phi) is 7.60. The second-order valence-electron chi connectivity index (χ2n) is 10.4. The lowest BCUT2D eigenvalue weighted by molar-refractivity contribution is -0.138. The molecule has 216 valence electrons. The number of aryl methyl sites for hydroxylation is 1. The van der Waals surface area contributed by atoms with Crippen LogP contribution in [0.5, 0.6) is 0 Å². The maximum Gasteiger partial charge on any atom is 0.418 e. The Bertz CT molecular complexity index is 1620. The minimum Gasteiger partial charge on any atom is -0.285 e. The zero-order chi connectivity index (χ0) is 29.5. The molecular weight excluding hydrogens is 553 g/mol. The average molecular weight is 579 g/mol. The molecule has 1 aliphatic rings. The summed E-state index contributed by atoms with van der Waals surface area (Å²) < 4.78 is 95.9. The van der Waals surface area contributed by atoms with E-state index < -0.39 is 47.8 Å². The van der Waals surface area contributed by atoms with Gasteiger partial charge in [0.15, 0.2) is 5.65 Å². The Labute approximate surface area is 230 Å². The van der Waals surface area contributed by atoms with Gasteiger partial charge in [-0.25, -0.2) is 9.37 Å². The fraction of sp³-hybridized carbons (Fsp3) is 0.379. The van der Waals surface area contributed by atoms with Crippen molar-refractivity contribution in [2.45, 2.75) is 69.8 Å². The van der Waals surface area contributed by atoms with Gasteiger partial charge >= 0.3 is 12.4 Å². The highest BCUT2D eigenvalue weighted by molar-refractivity contribution is 5.71. The van der Waals surface area contributed by atoms with Crippen LogP contribution in [-0.4, -0.2) is 25.7 Å². The van der Waals surface area contributed by atoms with Crippen molar-refractivity contribution in [1.29, 1.82) is 0 Å². The van der Waals surface area contributed by atoms with Crippen LogP contribution in [-0.2, 0) is 19.1 Å². The van der Waals surface area contributed by atoms with E-state index in [4.69, 9.17) is 0 Å².